The minimum atomic E-state index is -0.554. The summed E-state index contributed by atoms with van der Waals surface area (Å²) in [7, 11) is 1.52. The van der Waals surface area contributed by atoms with E-state index in [-0.39, 0.29) is 30.9 Å². The van der Waals surface area contributed by atoms with Crippen LogP contribution in [0, 0.1) is 23.7 Å². The van der Waals surface area contributed by atoms with Gasteiger partial charge in [0.15, 0.2) is 17.0 Å². The first-order chi connectivity index (χ1) is 15.0. The standard InChI is InChI=1S/C22H21N5O4/c1-3-4-14-27-17(24-19-18(27)20(28)25-21(29)26(19)2)12-8-9-13-23-22(30)31-15-16-10-6-5-7-11-16/h5-7,10-11H,9,13-15H2,1-2H3,(H,23,30)(H,25,28,29). The molecule has 0 fully saturated rings. The highest BCUT2D eigenvalue weighted by atomic mass is 16.5. The molecule has 9 heteroatoms. The molecule has 2 heterocycles. The van der Waals surface area contributed by atoms with Gasteiger partial charge in [0, 0.05) is 20.0 Å². The number of hydrogen-bond acceptors (Lipinski definition) is 5. The van der Waals surface area contributed by atoms with Gasteiger partial charge in [-0.05, 0) is 18.4 Å². The number of alkyl carbamates (subject to hydrolysis) is 1. The third-order valence-electron chi connectivity index (χ3n) is 4.35. The second kappa shape index (κ2) is 9.99. The number of imidazole rings is 1. The Bertz CT molecular complexity index is 1330. The van der Waals surface area contributed by atoms with E-state index in [2.05, 4.69) is 39.0 Å². The Kier molecular flexibility index (Phi) is 6.92. The minimum absolute atomic E-state index is 0.189. The van der Waals surface area contributed by atoms with E-state index >= 15 is 0 Å². The van der Waals surface area contributed by atoms with Crippen LogP contribution in [0.15, 0.2) is 39.9 Å². The molecule has 3 aromatic rings. The van der Waals surface area contributed by atoms with Crippen LogP contribution in [0.2, 0.25) is 0 Å². The molecule has 31 heavy (non-hydrogen) atoms. The summed E-state index contributed by atoms with van der Waals surface area (Å²) in [4.78, 5) is 42.5. The summed E-state index contributed by atoms with van der Waals surface area (Å²) < 4.78 is 7.95. The molecule has 0 bridgehead atoms. The molecule has 0 radical (unpaired) electrons. The molecular formula is C22H21N5O4. The van der Waals surface area contributed by atoms with E-state index in [4.69, 9.17) is 4.74 Å². The Labute approximate surface area is 178 Å². The van der Waals surface area contributed by atoms with Crippen LogP contribution in [0.3, 0.4) is 0 Å². The molecule has 0 saturated heterocycles. The Morgan fingerprint density at radius 2 is 2.00 bits per heavy atom. The van der Waals surface area contributed by atoms with E-state index in [0.717, 1.165) is 5.56 Å². The van der Waals surface area contributed by atoms with Crippen molar-refractivity contribution >= 4 is 17.3 Å². The lowest BCUT2D eigenvalue weighted by atomic mass is 10.2. The maximum Gasteiger partial charge on any atom is 0.407 e. The Hall–Kier alpha value is -4.24. The highest BCUT2D eigenvalue weighted by Gasteiger charge is 2.15. The van der Waals surface area contributed by atoms with Crippen LogP contribution in [-0.4, -0.2) is 31.7 Å². The number of fused-ring (bicyclic) bond motifs is 1. The molecule has 2 aromatic heterocycles. The van der Waals surface area contributed by atoms with Gasteiger partial charge >= 0.3 is 11.8 Å². The first-order valence-corrected chi connectivity index (χ1v) is 9.54. The zero-order valence-electron chi connectivity index (χ0n) is 17.2. The number of hydrogen-bond donors (Lipinski definition) is 2. The fourth-order valence-electron chi connectivity index (χ4n) is 2.78. The van der Waals surface area contributed by atoms with Crippen LogP contribution in [0.25, 0.3) is 11.2 Å². The van der Waals surface area contributed by atoms with Gasteiger partial charge in [0.25, 0.3) is 5.56 Å². The highest BCUT2D eigenvalue weighted by Crippen LogP contribution is 2.09. The van der Waals surface area contributed by atoms with Gasteiger partial charge in [-0.1, -0.05) is 42.2 Å². The Morgan fingerprint density at radius 3 is 2.74 bits per heavy atom. The molecular weight excluding hydrogens is 398 g/mol. The van der Waals surface area contributed by atoms with Crippen LogP contribution in [0.4, 0.5) is 4.79 Å². The van der Waals surface area contributed by atoms with E-state index in [1.807, 2.05) is 30.3 Å². The van der Waals surface area contributed by atoms with Gasteiger partial charge in [0.1, 0.15) is 6.61 Å². The van der Waals surface area contributed by atoms with E-state index in [0.29, 0.717) is 12.2 Å². The van der Waals surface area contributed by atoms with Crippen molar-refractivity contribution in [2.75, 3.05) is 6.54 Å². The summed E-state index contributed by atoms with van der Waals surface area (Å²) in [5.41, 5.74) is 0.270. The van der Waals surface area contributed by atoms with Gasteiger partial charge in [-0.3, -0.25) is 18.9 Å². The molecule has 3 rings (SSSR count). The summed E-state index contributed by atoms with van der Waals surface area (Å²) in [6.45, 7) is 2.37. The topological polar surface area (TPSA) is 111 Å². The quantitative estimate of drug-likeness (QED) is 0.476. The highest BCUT2D eigenvalue weighted by molar-refractivity contribution is 5.72. The number of aromatic nitrogens is 4. The summed E-state index contributed by atoms with van der Waals surface area (Å²) in [6, 6.07) is 9.37. The van der Waals surface area contributed by atoms with E-state index in [9.17, 15) is 14.4 Å². The summed E-state index contributed by atoms with van der Waals surface area (Å²) in [6.07, 6.45) is -0.184. The van der Waals surface area contributed by atoms with Gasteiger partial charge in [-0.25, -0.2) is 14.6 Å². The van der Waals surface area contributed by atoms with Gasteiger partial charge < -0.3 is 10.1 Å². The van der Waals surface area contributed by atoms with Gasteiger partial charge in [0.2, 0.25) is 0 Å². The van der Waals surface area contributed by atoms with Crippen molar-refractivity contribution in [2.24, 2.45) is 7.05 Å². The summed E-state index contributed by atoms with van der Waals surface area (Å²) in [5.74, 6) is 11.8. The first-order valence-electron chi connectivity index (χ1n) is 9.54. The molecule has 1 aromatic carbocycles. The molecule has 2 N–H and O–H groups in total. The summed E-state index contributed by atoms with van der Waals surface area (Å²) in [5, 5.41) is 2.63. The molecule has 0 aliphatic rings. The summed E-state index contributed by atoms with van der Waals surface area (Å²) >= 11 is 0. The van der Waals surface area contributed by atoms with Gasteiger partial charge in [0.05, 0.1) is 6.54 Å². The lowest BCUT2D eigenvalue weighted by Gasteiger charge is -2.05. The number of nitrogens with one attached hydrogen (secondary N) is 2. The van der Waals surface area contributed by atoms with Crippen molar-refractivity contribution in [1.29, 1.82) is 0 Å². The SMILES string of the molecule is CC#CCn1c(C#CCCNC(=O)OCc2ccccc2)nc2c1c(=O)[nH]c(=O)n2C. The van der Waals surface area contributed by atoms with Crippen LogP contribution < -0.4 is 16.6 Å². The number of H-pyrrole nitrogens is 1. The minimum Gasteiger partial charge on any atom is -0.445 e. The van der Waals surface area contributed by atoms with Gasteiger partial charge in [-0.15, -0.1) is 5.92 Å². The predicted molar refractivity (Wildman–Crippen MR) is 115 cm³/mol. The number of amides is 1. The zero-order valence-corrected chi connectivity index (χ0v) is 17.2. The lowest BCUT2D eigenvalue weighted by molar-refractivity contribution is 0.140. The third-order valence-corrected chi connectivity index (χ3v) is 4.35. The molecule has 0 spiro atoms. The molecule has 1 amide bonds. The maximum atomic E-state index is 12.3. The van der Waals surface area contributed by atoms with Crippen molar-refractivity contribution in [3.05, 3.63) is 62.6 Å². The number of carbonyl (C=O) groups is 1. The molecule has 9 nitrogen and oxygen atoms in total. The number of rotatable bonds is 5. The molecule has 0 aliphatic carbocycles. The van der Waals surface area contributed by atoms with Crippen LogP contribution in [0.1, 0.15) is 24.7 Å². The molecule has 0 atom stereocenters. The number of ether oxygens (including phenoxy) is 1. The molecule has 0 unspecified atom stereocenters. The zero-order chi connectivity index (χ0) is 22.2. The molecule has 0 aliphatic heterocycles. The second-order valence-electron chi connectivity index (χ2n) is 6.48. The number of nitrogens with zero attached hydrogens (tertiary/aromatic N) is 3. The fourth-order valence-corrected chi connectivity index (χ4v) is 2.78. The van der Waals surface area contributed by atoms with Crippen molar-refractivity contribution in [1.82, 2.24) is 24.4 Å². The average Bonchev–Trinajstić information content (AvgIpc) is 3.14. The normalized spacial score (nSPS) is 10.0. The third kappa shape index (κ3) is 5.22. The Balaban J connectivity index is 1.66. The predicted octanol–water partition coefficient (Wildman–Crippen LogP) is 1.11. The Morgan fingerprint density at radius 1 is 1.23 bits per heavy atom. The van der Waals surface area contributed by atoms with Crippen LogP contribution in [0.5, 0.6) is 0 Å². The first kappa shape index (κ1) is 21.5. The lowest BCUT2D eigenvalue weighted by Crippen LogP contribution is -2.29. The van der Waals surface area contributed by atoms with Crippen molar-refractivity contribution < 1.29 is 9.53 Å². The molecule has 0 saturated carbocycles. The van der Waals surface area contributed by atoms with Crippen molar-refractivity contribution in [3.63, 3.8) is 0 Å². The number of benzene rings is 1. The smallest absolute Gasteiger partial charge is 0.407 e. The number of carbonyl (C=O) groups excluding carboxylic acids is 1. The largest absolute Gasteiger partial charge is 0.445 e. The van der Waals surface area contributed by atoms with Crippen LogP contribution in [-0.2, 0) is 24.9 Å². The van der Waals surface area contributed by atoms with Crippen LogP contribution >= 0.6 is 0 Å². The van der Waals surface area contributed by atoms with E-state index < -0.39 is 17.3 Å². The average molecular weight is 419 g/mol. The second-order valence-corrected chi connectivity index (χ2v) is 6.48. The van der Waals surface area contributed by atoms with Crippen molar-refractivity contribution in [3.8, 4) is 23.7 Å². The molecule has 158 valence electrons. The number of aryl methyl sites for hydroxylation is 1. The maximum absolute atomic E-state index is 12.3. The van der Waals surface area contributed by atoms with Crippen molar-refractivity contribution in [2.45, 2.75) is 26.5 Å². The number of aromatic amines is 1. The van der Waals surface area contributed by atoms with E-state index in [1.54, 1.807) is 11.5 Å². The van der Waals surface area contributed by atoms with Gasteiger partial charge in [-0.2, -0.15) is 0 Å². The monoisotopic (exact) mass is 419 g/mol. The van der Waals surface area contributed by atoms with E-state index in [1.165, 1.54) is 11.6 Å². The fraction of sp³-hybridized carbons (Fsp3) is 0.273.